The summed E-state index contributed by atoms with van der Waals surface area (Å²) >= 11 is 0. The topological polar surface area (TPSA) is 71.0 Å². The Balaban J connectivity index is 2.04. The van der Waals surface area contributed by atoms with Crippen molar-refractivity contribution in [2.24, 2.45) is 4.99 Å². The van der Waals surface area contributed by atoms with Crippen LogP contribution in [0.1, 0.15) is 30.7 Å². The van der Waals surface area contributed by atoms with Gasteiger partial charge in [-0.05, 0) is 44.5 Å². The SMILES string of the molecule is CCNC(=NCc1ccc(C)cc1OCCOCC)NCc1cccc(N(C)C)n1. The lowest BCUT2D eigenvalue weighted by Crippen LogP contribution is -2.37. The summed E-state index contributed by atoms with van der Waals surface area (Å²) in [5, 5.41) is 6.65. The average molecular weight is 414 g/mol. The van der Waals surface area contributed by atoms with E-state index in [0.717, 1.165) is 40.9 Å². The lowest BCUT2D eigenvalue weighted by Gasteiger charge is -2.15. The number of hydrogen-bond donors (Lipinski definition) is 2. The van der Waals surface area contributed by atoms with Crippen molar-refractivity contribution in [3.05, 3.63) is 53.2 Å². The molecule has 0 radical (unpaired) electrons. The van der Waals surface area contributed by atoms with Gasteiger partial charge in [0.2, 0.25) is 0 Å². The van der Waals surface area contributed by atoms with Gasteiger partial charge in [-0.15, -0.1) is 0 Å². The van der Waals surface area contributed by atoms with Crippen molar-refractivity contribution in [3.63, 3.8) is 0 Å². The van der Waals surface area contributed by atoms with Crippen LogP contribution in [-0.2, 0) is 17.8 Å². The van der Waals surface area contributed by atoms with E-state index in [1.54, 1.807) is 0 Å². The zero-order valence-electron chi connectivity index (χ0n) is 18.9. The number of benzene rings is 1. The van der Waals surface area contributed by atoms with E-state index in [1.807, 2.05) is 50.2 Å². The fourth-order valence-electron chi connectivity index (χ4n) is 2.78. The van der Waals surface area contributed by atoms with Gasteiger partial charge >= 0.3 is 0 Å². The van der Waals surface area contributed by atoms with Gasteiger partial charge < -0.3 is 25.0 Å². The number of aryl methyl sites for hydroxylation is 1. The van der Waals surface area contributed by atoms with Gasteiger partial charge in [0, 0.05) is 32.8 Å². The number of aliphatic imine (C=N–C) groups is 1. The highest BCUT2D eigenvalue weighted by Gasteiger charge is 2.06. The summed E-state index contributed by atoms with van der Waals surface area (Å²) in [5.41, 5.74) is 3.16. The lowest BCUT2D eigenvalue weighted by molar-refractivity contribution is 0.110. The first-order valence-electron chi connectivity index (χ1n) is 10.5. The molecule has 7 heteroatoms. The van der Waals surface area contributed by atoms with E-state index in [1.165, 1.54) is 0 Å². The Morgan fingerprint density at radius 2 is 1.93 bits per heavy atom. The zero-order valence-corrected chi connectivity index (χ0v) is 18.9. The smallest absolute Gasteiger partial charge is 0.191 e. The molecule has 0 spiro atoms. The van der Waals surface area contributed by atoms with Crippen LogP contribution in [0.3, 0.4) is 0 Å². The monoisotopic (exact) mass is 413 g/mol. The number of aromatic nitrogens is 1. The fraction of sp³-hybridized carbons (Fsp3) is 0.478. The second kappa shape index (κ2) is 12.7. The summed E-state index contributed by atoms with van der Waals surface area (Å²) in [6.45, 7) is 9.79. The van der Waals surface area contributed by atoms with E-state index in [9.17, 15) is 0 Å². The Bertz CT molecular complexity index is 808. The summed E-state index contributed by atoms with van der Waals surface area (Å²) < 4.78 is 11.3. The highest BCUT2D eigenvalue weighted by molar-refractivity contribution is 5.79. The van der Waals surface area contributed by atoms with Gasteiger partial charge in [-0.1, -0.05) is 18.2 Å². The Morgan fingerprint density at radius 1 is 1.10 bits per heavy atom. The normalized spacial score (nSPS) is 11.3. The largest absolute Gasteiger partial charge is 0.491 e. The molecule has 2 aromatic rings. The Kier molecular flexibility index (Phi) is 9.94. The number of pyridine rings is 1. The first-order chi connectivity index (χ1) is 14.5. The maximum absolute atomic E-state index is 5.93. The molecule has 0 saturated carbocycles. The predicted molar refractivity (Wildman–Crippen MR) is 123 cm³/mol. The van der Waals surface area contributed by atoms with Crippen molar-refractivity contribution >= 4 is 11.8 Å². The van der Waals surface area contributed by atoms with Crippen molar-refractivity contribution in [1.82, 2.24) is 15.6 Å². The van der Waals surface area contributed by atoms with Crippen LogP contribution in [0.2, 0.25) is 0 Å². The summed E-state index contributed by atoms with van der Waals surface area (Å²) in [6.07, 6.45) is 0. The van der Waals surface area contributed by atoms with E-state index in [-0.39, 0.29) is 0 Å². The number of hydrogen-bond acceptors (Lipinski definition) is 5. The van der Waals surface area contributed by atoms with Crippen molar-refractivity contribution in [2.75, 3.05) is 45.4 Å². The van der Waals surface area contributed by atoms with Crippen LogP contribution in [-0.4, -0.2) is 51.4 Å². The average Bonchev–Trinajstić information content (AvgIpc) is 2.74. The van der Waals surface area contributed by atoms with Crippen LogP contribution in [0.4, 0.5) is 5.82 Å². The zero-order chi connectivity index (χ0) is 21.8. The molecule has 0 unspecified atom stereocenters. The molecule has 0 fully saturated rings. The molecule has 0 bridgehead atoms. The first-order valence-corrected chi connectivity index (χ1v) is 10.5. The maximum atomic E-state index is 5.93. The second-order valence-corrected chi connectivity index (χ2v) is 7.09. The molecule has 2 N–H and O–H groups in total. The van der Waals surface area contributed by atoms with Crippen molar-refractivity contribution in [1.29, 1.82) is 0 Å². The molecular formula is C23H35N5O2. The molecule has 0 aliphatic rings. The van der Waals surface area contributed by atoms with Crippen molar-refractivity contribution < 1.29 is 9.47 Å². The summed E-state index contributed by atoms with van der Waals surface area (Å²) in [4.78, 5) is 11.4. The van der Waals surface area contributed by atoms with Crippen LogP contribution in [0.25, 0.3) is 0 Å². The minimum Gasteiger partial charge on any atom is -0.491 e. The van der Waals surface area contributed by atoms with Gasteiger partial charge in [-0.2, -0.15) is 0 Å². The van der Waals surface area contributed by atoms with E-state index in [0.29, 0.717) is 32.9 Å². The van der Waals surface area contributed by atoms with E-state index in [4.69, 9.17) is 14.5 Å². The van der Waals surface area contributed by atoms with Gasteiger partial charge in [-0.25, -0.2) is 9.98 Å². The molecule has 0 atom stereocenters. The fourth-order valence-corrected chi connectivity index (χ4v) is 2.78. The molecule has 1 aromatic carbocycles. The Labute approximate surface area is 180 Å². The molecule has 30 heavy (non-hydrogen) atoms. The summed E-state index contributed by atoms with van der Waals surface area (Å²) in [6, 6.07) is 12.2. The molecule has 0 saturated heterocycles. The third kappa shape index (κ3) is 7.91. The Morgan fingerprint density at radius 3 is 2.67 bits per heavy atom. The molecule has 2 rings (SSSR count). The molecule has 1 heterocycles. The molecule has 0 aliphatic carbocycles. The number of anilines is 1. The molecule has 164 valence electrons. The number of nitrogens with one attached hydrogen (secondary N) is 2. The third-order valence-corrected chi connectivity index (χ3v) is 4.35. The van der Waals surface area contributed by atoms with Crippen LogP contribution in [0.5, 0.6) is 5.75 Å². The molecular weight excluding hydrogens is 378 g/mol. The van der Waals surface area contributed by atoms with Crippen LogP contribution in [0, 0.1) is 6.92 Å². The lowest BCUT2D eigenvalue weighted by atomic mass is 10.1. The number of rotatable bonds is 11. The highest BCUT2D eigenvalue weighted by Crippen LogP contribution is 2.21. The Hall–Kier alpha value is -2.80. The summed E-state index contributed by atoms with van der Waals surface area (Å²) in [7, 11) is 3.97. The number of guanidine groups is 1. The van der Waals surface area contributed by atoms with Gasteiger partial charge in [-0.3, -0.25) is 0 Å². The maximum Gasteiger partial charge on any atom is 0.191 e. The van der Waals surface area contributed by atoms with Crippen LogP contribution >= 0.6 is 0 Å². The molecule has 7 nitrogen and oxygen atoms in total. The number of ether oxygens (including phenoxy) is 2. The van der Waals surface area contributed by atoms with Crippen LogP contribution < -0.4 is 20.3 Å². The van der Waals surface area contributed by atoms with E-state index in [2.05, 4.69) is 41.6 Å². The van der Waals surface area contributed by atoms with E-state index < -0.39 is 0 Å². The quantitative estimate of drug-likeness (QED) is 0.335. The predicted octanol–water partition coefficient (Wildman–Crippen LogP) is 3.13. The second-order valence-electron chi connectivity index (χ2n) is 7.09. The van der Waals surface area contributed by atoms with Gasteiger partial charge in [0.1, 0.15) is 18.2 Å². The third-order valence-electron chi connectivity index (χ3n) is 4.35. The van der Waals surface area contributed by atoms with E-state index >= 15 is 0 Å². The molecule has 0 aliphatic heterocycles. The van der Waals surface area contributed by atoms with Gasteiger partial charge in [0.05, 0.1) is 25.4 Å². The standard InChI is InChI=1S/C23H35N5O2/c1-6-24-23(26-17-20-9-8-10-22(27-20)28(4)5)25-16-19-12-11-18(3)15-21(19)30-14-13-29-7-2/h8-12,15H,6-7,13-14,16-17H2,1-5H3,(H2,24,25,26). The van der Waals surface area contributed by atoms with Crippen LogP contribution in [0.15, 0.2) is 41.4 Å². The molecule has 0 amide bonds. The van der Waals surface area contributed by atoms with Crippen molar-refractivity contribution in [3.8, 4) is 5.75 Å². The first kappa shape index (κ1) is 23.5. The molecule has 1 aromatic heterocycles. The highest BCUT2D eigenvalue weighted by atomic mass is 16.5. The summed E-state index contributed by atoms with van der Waals surface area (Å²) in [5.74, 6) is 2.54. The van der Waals surface area contributed by atoms with Gasteiger partial charge in [0.25, 0.3) is 0 Å². The minimum atomic E-state index is 0.519. The van der Waals surface area contributed by atoms with Gasteiger partial charge in [0.15, 0.2) is 5.96 Å². The van der Waals surface area contributed by atoms with Crippen molar-refractivity contribution in [2.45, 2.75) is 33.9 Å². The number of nitrogens with zero attached hydrogens (tertiary/aromatic N) is 3. The minimum absolute atomic E-state index is 0.519.